The van der Waals surface area contributed by atoms with Crippen LogP contribution in [0.25, 0.3) is 0 Å². The van der Waals surface area contributed by atoms with Crippen molar-refractivity contribution >= 4 is 0 Å². The summed E-state index contributed by atoms with van der Waals surface area (Å²) in [7, 11) is 0. The summed E-state index contributed by atoms with van der Waals surface area (Å²) in [5.74, 6) is 0. The molecule has 0 fully saturated rings. The molecule has 1 aromatic carbocycles. The first-order chi connectivity index (χ1) is 8.33. The van der Waals surface area contributed by atoms with Crippen molar-refractivity contribution in [1.82, 2.24) is 4.98 Å². The fraction of sp³-hybridized carbons (Fsp3) is 0.267. The standard InChI is InChI=1S/C15H16N2/c16-15-6-4-13-9-11(3-5-14(13)15)8-12-2-1-7-17-10-12/h1-3,5,7,9-10,15H,4,6,8,16H2. The second kappa shape index (κ2) is 4.30. The number of nitrogens with zero attached hydrogens (tertiary/aromatic N) is 1. The first kappa shape index (κ1) is 10.5. The van der Waals surface area contributed by atoms with Gasteiger partial charge in [-0.05, 0) is 47.6 Å². The number of rotatable bonds is 2. The summed E-state index contributed by atoms with van der Waals surface area (Å²) in [5, 5.41) is 0. The molecular formula is C15H16N2. The van der Waals surface area contributed by atoms with Gasteiger partial charge in [0.1, 0.15) is 0 Å². The van der Waals surface area contributed by atoms with E-state index in [0.29, 0.717) is 0 Å². The summed E-state index contributed by atoms with van der Waals surface area (Å²) in [6.07, 6.45) is 6.91. The zero-order chi connectivity index (χ0) is 11.7. The first-order valence-electron chi connectivity index (χ1n) is 6.09. The van der Waals surface area contributed by atoms with Crippen molar-refractivity contribution in [2.24, 2.45) is 5.73 Å². The van der Waals surface area contributed by atoms with E-state index in [2.05, 4.69) is 29.2 Å². The van der Waals surface area contributed by atoms with E-state index < -0.39 is 0 Å². The Labute approximate surface area is 102 Å². The molecule has 0 saturated heterocycles. The molecule has 2 aromatic rings. The fourth-order valence-electron chi connectivity index (χ4n) is 2.55. The van der Waals surface area contributed by atoms with Crippen molar-refractivity contribution in [3.63, 3.8) is 0 Å². The van der Waals surface area contributed by atoms with Gasteiger partial charge >= 0.3 is 0 Å². The summed E-state index contributed by atoms with van der Waals surface area (Å²) in [4.78, 5) is 4.15. The summed E-state index contributed by atoms with van der Waals surface area (Å²) >= 11 is 0. The van der Waals surface area contributed by atoms with Gasteiger partial charge in [0.2, 0.25) is 0 Å². The Morgan fingerprint density at radius 2 is 2.18 bits per heavy atom. The van der Waals surface area contributed by atoms with Crippen molar-refractivity contribution in [2.75, 3.05) is 0 Å². The average Bonchev–Trinajstić information content (AvgIpc) is 2.72. The highest BCUT2D eigenvalue weighted by Crippen LogP contribution is 2.30. The van der Waals surface area contributed by atoms with Gasteiger partial charge in [-0.3, -0.25) is 4.98 Å². The fourth-order valence-corrected chi connectivity index (χ4v) is 2.55. The van der Waals surface area contributed by atoms with Gasteiger partial charge in [0.25, 0.3) is 0 Å². The highest BCUT2D eigenvalue weighted by Gasteiger charge is 2.18. The molecule has 1 aliphatic carbocycles. The van der Waals surface area contributed by atoms with E-state index in [0.717, 1.165) is 19.3 Å². The Morgan fingerprint density at radius 3 is 3.00 bits per heavy atom. The van der Waals surface area contributed by atoms with Gasteiger partial charge in [-0.1, -0.05) is 24.3 Å². The molecule has 0 saturated carbocycles. The molecule has 86 valence electrons. The third kappa shape index (κ3) is 2.08. The number of hydrogen-bond donors (Lipinski definition) is 1. The first-order valence-corrected chi connectivity index (χ1v) is 6.09. The van der Waals surface area contributed by atoms with E-state index in [1.165, 1.54) is 22.3 Å². The van der Waals surface area contributed by atoms with Gasteiger partial charge in [-0.2, -0.15) is 0 Å². The number of hydrogen-bond acceptors (Lipinski definition) is 2. The second-order valence-electron chi connectivity index (χ2n) is 4.72. The molecule has 2 N–H and O–H groups in total. The van der Waals surface area contributed by atoms with Crippen molar-refractivity contribution in [3.8, 4) is 0 Å². The molecule has 2 heteroatoms. The lowest BCUT2D eigenvalue weighted by atomic mass is 10.0. The second-order valence-corrected chi connectivity index (χ2v) is 4.72. The van der Waals surface area contributed by atoms with Gasteiger partial charge in [0.05, 0.1) is 0 Å². The molecule has 1 aromatic heterocycles. The lowest BCUT2D eigenvalue weighted by molar-refractivity contribution is 0.713. The lowest BCUT2D eigenvalue weighted by Crippen LogP contribution is -2.05. The number of pyridine rings is 1. The highest BCUT2D eigenvalue weighted by molar-refractivity contribution is 5.39. The number of aromatic nitrogens is 1. The molecule has 0 aliphatic heterocycles. The predicted molar refractivity (Wildman–Crippen MR) is 68.7 cm³/mol. The Hall–Kier alpha value is -1.67. The third-order valence-corrected chi connectivity index (χ3v) is 3.46. The smallest absolute Gasteiger partial charge is 0.0303 e. The molecule has 1 atom stereocenters. The van der Waals surface area contributed by atoms with Gasteiger partial charge in [0.15, 0.2) is 0 Å². The average molecular weight is 224 g/mol. The van der Waals surface area contributed by atoms with Crippen LogP contribution in [0.2, 0.25) is 0 Å². The highest BCUT2D eigenvalue weighted by atomic mass is 14.6. The zero-order valence-corrected chi connectivity index (χ0v) is 9.76. The molecule has 17 heavy (non-hydrogen) atoms. The quantitative estimate of drug-likeness (QED) is 0.851. The number of nitrogens with two attached hydrogens (primary N) is 1. The van der Waals surface area contributed by atoms with Crippen LogP contribution in [0.15, 0.2) is 42.7 Å². The van der Waals surface area contributed by atoms with Gasteiger partial charge in [-0.15, -0.1) is 0 Å². The Bertz CT molecular complexity index is 520. The summed E-state index contributed by atoms with van der Waals surface area (Å²) in [6.45, 7) is 0. The predicted octanol–water partition coefficient (Wildman–Crippen LogP) is 2.62. The van der Waals surface area contributed by atoms with E-state index in [-0.39, 0.29) is 6.04 Å². The molecule has 0 radical (unpaired) electrons. The van der Waals surface area contributed by atoms with Gasteiger partial charge in [-0.25, -0.2) is 0 Å². The van der Waals surface area contributed by atoms with E-state index in [1.54, 1.807) is 0 Å². The van der Waals surface area contributed by atoms with Crippen LogP contribution in [0.4, 0.5) is 0 Å². The molecular weight excluding hydrogens is 208 g/mol. The van der Waals surface area contributed by atoms with E-state index in [4.69, 9.17) is 5.73 Å². The summed E-state index contributed by atoms with van der Waals surface area (Å²) < 4.78 is 0. The Balaban J connectivity index is 1.86. The number of fused-ring (bicyclic) bond motifs is 1. The van der Waals surface area contributed by atoms with Gasteiger partial charge in [0, 0.05) is 18.4 Å². The number of aryl methyl sites for hydroxylation is 1. The van der Waals surface area contributed by atoms with Crippen molar-refractivity contribution in [3.05, 3.63) is 65.0 Å². The maximum absolute atomic E-state index is 6.04. The molecule has 0 spiro atoms. The monoisotopic (exact) mass is 224 g/mol. The van der Waals surface area contributed by atoms with E-state index in [1.807, 2.05) is 18.5 Å². The van der Waals surface area contributed by atoms with Crippen molar-refractivity contribution in [1.29, 1.82) is 0 Å². The molecule has 1 aliphatic rings. The minimum Gasteiger partial charge on any atom is -0.324 e. The van der Waals surface area contributed by atoms with Crippen LogP contribution in [-0.2, 0) is 12.8 Å². The normalized spacial score (nSPS) is 18.1. The Kier molecular flexibility index (Phi) is 2.65. The zero-order valence-electron chi connectivity index (χ0n) is 9.76. The summed E-state index contributed by atoms with van der Waals surface area (Å²) in [6, 6.07) is 11.0. The minimum atomic E-state index is 0.248. The van der Waals surface area contributed by atoms with Gasteiger partial charge < -0.3 is 5.73 Å². The van der Waals surface area contributed by atoms with Crippen LogP contribution in [0.3, 0.4) is 0 Å². The summed E-state index contributed by atoms with van der Waals surface area (Å²) in [5.41, 5.74) is 11.4. The maximum atomic E-state index is 6.04. The van der Waals surface area contributed by atoms with Crippen molar-refractivity contribution < 1.29 is 0 Å². The maximum Gasteiger partial charge on any atom is 0.0303 e. The lowest BCUT2D eigenvalue weighted by Gasteiger charge is -2.07. The van der Waals surface area contributed by atoms with E-state index in [9.17, 15) is 0 Å². The Morgan fingerprint density at radius 1 is 1.24 bits per heavy atom. The third-order valence-electron chi connectivity index (χ3n) is 3.46. The van der Waals surface area contributed by atoms with Crippen LogP contribution < -0.4 is 5.73 Å². The SMILES string of the molecule is NC1CCc2cc(Cc3cccnc3)ccc21. The largest absolute Gasteiger partial charge is 0.324 e. The van der Waals surface area contributed by atoms with Crippen LogP contribution >= 0.6 is 0 Å². The number of benzene rings is 1. The van der Waals surface area contributed by atoms with Crippen LogP contribution in [0.1, 0.15) is 34.7 Å². The van der Waals surface area contributed by atoms with Crippen LogP contribution in [-0.4, -0.2) is 4.98 Å². The molecule has 1 unspecified atom stereocenters. The van der Waals surface area contributed by atoms with E-state index >= 15 is 0 Å². The molecule has 0 amide bonds. The van der Waals surface area contributed by atoms with Crippen LogP contribution in [0, 0.1) is 0 Å². The molecule has 1 heterocycles. The molecule has 3 rings (SSSR count). The topological polar surface area (TPSA) is 38.9 Å². The van der Waals surface area contributed by atoms with Crippen LogP contribution in [0.5, 0.6) is 0 Å². The van der Waals surface area contributed by atoms with Crippen molar-refractivity contribution in [2.45, 2.75) is 25.3 Å². The minimum absolute atomic E-state index is 0.248. The molecule has 2 nitrogen and oxygen atoms in total. The molecule has 0 bridgehead atoms.